The SMILES string of the molecule is CC(C)Nc1nc(-c2ccc(C(C)(C)N)nc2)cc2ncn(C)c(=O)c12. The van der Waals surface area contributed by atoms with Crippen LogP contribution in [0.3, 0.4) is 0 Å². The van der Waals surface area contributed by atoms with Crippen molar-refractivity contribution in [2.75, 3.05) is 5.32 Å². The van der Waals surface area contributed by atoms with Crippen molar-refractivity contribution in [3.05, 3.63) is 46.8 Å². The Morgan fingerprint density at radius 3 is 2.54 bits per heavy atom. The van der Waals surface area contributed by atoms with Gasteiger partial charge in [-0.3, -0.25) is 9.78 Å². The summed E-state index contributed by atoms with van der Waals surface area (Å²) in [4.78, 5) is 26.1. The van der Waals surface area contributed by atoms with E-state index in [1.165, 1.54) is 10.9 Å². The number of nitrogens with one attached hydrogen (secondary N) is 1. The first-order chi connectivity index (χ1) is 12.2. The molecule has 0 amide bonds. The summed E-state index contributed by atoms with van der Waals surface area (Å²) in [5, 5.41) is 3.74. The molecule has 3 aromatic heterocycles. The van der Waals surface area contributed by atoms with E-state index >= 15 is 0 Å². The fourth-order valence-electron chi connectivity index (χ4n) is 2.67. The molecule has 0 aromatic carbocycles. The molecule has 0 aliphatic rings. The number of hydrogen-bond acceptors (Lipinski definition) is 6. The average molecular weight is 352 g/mol. The highest BCUT2D eigenvalue weighted by Gasteiger charge is 2.17. The molecule has 0 spiro atoms. The van der Waals surface area contributed by atoms with Crippen molar-refractivity contribution >= 4 is 16.7 Å². The summed E-state index contributed by atoms with van der Waals surface area (Å²) in [5.74, 6) is 0.532. The highest BCUT2D eigenvalue weighted by Crippen LogP contribution is 2.26. The van der Waals surface area contributed by atoms with Crippen molar-refractivity contribution in [2.24, 2.45) is 12.8 Å². The third-order valence-corrected chi connectivity index (χ3v) is 4.05. The Morgan fingerprint density at radius 2 is 1.96 bits per heavy atom. The van der Waals surface area contributed by atoms with Gasteiger partial charge in [0.25, 0.3) is 5.56 Å². The maximum Gasteiger partial charge on any atom is 0.264 e. The first-order valence-electron chi connectivity index (χ1n) is 8.55. The van der Waals surface area contributed by atoms with Crippen LogP contribution < -0.4 is 16.6 Å². The summed E-state index contributed by atoms with van der Waals surface area (Å²) in [6.07, 6.45) is 3.27. The van der Waals surface area contributed by atoms with Crippen LogP contribution in [0.5, 0.6) is 0 Å². The number of rotatable bonds is 4. The lowest BCUT2D eigenvalue weighted by atomic mass is 10.0. The summed E-state index contributed by atoms with van der Waals surface area (Å²) in [7, 11) is 1.68. The van der Waals surface area contributed by atoms with Crippen LogP contribution in [0.2, 0.25) is 0 Å². The number of pyridine rings is 2. The Kier molecular flexibility index (Phi) is 4.50. The topological polar surface area (TPSA) is 98.7 Å². The van der Waals surface area contributed by atoms with E-state index in [1.807, 2.05) is 45.9 Å². The lowest BCUT2D eigenvalue weighted by Gasteiger charge is -2.18. The van der Waals surface area contributed by atoms with Gasteiger partial charge in [-0.05, 0) is 45.9 Å². The maximum absolute atomic E-state index is 12.6. The van der Waals surface area contributed by atoms with Gasteiger partial charge in [0.1, 0.15) is 11.2 Å². The minimum absolute atomic E-state index is 0.129. The smallest absolute Gasteiger partial charge is 0.264 e. The van der Waals surface area contributed by atoms with Gasteiger partial charge in [-0.15, -0.1) is 0 Å². The lowest BCUT2D eigenvalue weighted by Crippen LogP contribution is -2.29. The molecule has 7 nitrogen and oxygen atoms in total. The summed E-state index contributed by atoms with van der Waals surface area (Å²) in [6, 6.07) is 5.77. The maximum atomic E-state index is 12.6. The summed E-state index contributed by atoms with van der Waals surface area (Å²) < 4.78 is 1.45. The average Bonchev–Trinajstić information content (AvgIpc) is 2.56. The van der Waals surface area contributed by atoms with Crippen molar-refractivity contribution < 1.29 is 0 Å². The van der Waals surface area contributed by atoms with Crippen LogP contribution in [0.4, 0.5) is 5.82 Å². The van der Waals surface area contributed by atoms with Crippen LogP contribution in [0.25, 0.3) is 22.2 Å². The number of aryl methyl sites for hydroxylation is 1. The van der Waals surface area contributed by atoms with Crippen LogP contribution >= 0.6 is 0 Å². The molecule has 3 aromatic rings. The predicted molar refractivity (Wildman–Crippen MR) is 104 cm³/mol. The van der Waals surface area contributed by atoms with Crippen molar-refractivity contribution in [1.82, 2.24) is 19.5 Å². The minimum Gasteiger partial charge on any atom is -0.367 e. The number of hydrogen-bond donors (Lipinski definition) is 2. The second-order valence-corrected chi connectivity index (χ2v) is 7.36. The molecule has 0 saturated heterocycles. The number of nitrogens with two attached hydrogens (primary N) is 1. The van der Waals surface area contributed by atoms with Gasteiger partial charge < -0.3 is 15.6 Å². The Hall–Kier alpha value is -2.80. The molecule has 0 radical (unpaired) electrons. The monoisotopic (exact) mass is 352 g/mol. The normalized spacial score (nSPS) is 12.0. The quantitative estimate of drug-likeness (QED) is 0.748. The number of aromatic nitrogens is 4. The van der Waals surface area contributed by atoms with Crippen LogP contribution in [0, 0.1) is 0 Å². The summed E-state index contributed by atoms with van der Waals surface area (Å²) in [5.41, 5.74) is 8.41. The molecule has 3 rings (SSSR count). The number of nitrogens with zero attached hydrogens (tertiary/aromatic N) is 4. The van der Waals surface area contributed by atoms with Gasteiger partial charge >= 0.3 is 0 Å². The molecule has 0 bridgehead atoms. The van der Waals surface area contributed by atoms with Gasteiger partial charge in [0, 0.05) is 24.8 Å². The van der Waals surface area contributed by atoms with Gasteiger partial charge in [0.05, 0.1) is 28.8 Å². The molecular weight excluding hydrogens is 328 g/mol. The van der Waals surface area contributed by atoms with Crippen LogP contribution in [0.15, 0.2) is 35.5 Å². The molecule has 0 aliphatic heterocycles. The standard InChI is InChI=1S/C19H24N6O/c1-11(2)23-17-16-14(22-10-25(5)18(16)26)8-13(24-17)12-6-7-15(21-9-12)19(3,4)20/h6-11H,20H2,1-5H3,(H,23,24). The van der Waals surface area contributed by atoms with E-state index in [0.29, 0.717) is 22.4 Å². The first-order valence-corrected chi connectivity index (χ1v) is 8.55. The fraction of sp³-hybridized carbons (Fsp3) is 0.368. The molecule has 0 fully saturated rings. The van der Waals surface area contributed by atoms with E-state index in [1.54, 1.807) is 13.2 Å². The third-order valence-electron chi connectivity index (χ3n) is 4.05. The highest BCUT2D eigenvalue weighted by atomic mass is 16.1. The van der Waals surface area contributed by atoms with Crippen molar-refractivity contribution in [2.45, 2.75) is 39.3 Å². The Bertz CT molecular complexity index is 999. The fourth-order valence-corrected chi connectivity index (χ4v) is 2.67. The van der Waals surface area contributed by atoms with Crippen molar-refractivity contribution in [3.63, 3.8) is 0 Å². The second kappa shape index (κ2) is 6.49. The predicted octanol–water partition coefficient (Wildman–Crippen LogP) is 2.40. The Balaban J connectivity index is 2.18. The zero-order valence-corrected chi connectivity index (χ0v) is 15.7. The molecular formula is C19H24N6O. The highest BCUT2D eigenvalue weighted by molar-refractivity contribution is 5.91. The van der Waals surface area contributed by atoms with Gasteiger partial charge in [-0.1, -0.05) is 0 Å². The van der Waals surface area contributed by atoms with E-state index in [0.717, 1.165) is 11.3 Å². The van der Waals surface area contributed by atoms with Crippen molar-refractivity contribution in [3.8, 4) is 11.3 Å². The van der Waals surface area contributed by atoms with E-state index in [2.05, 4.69) is 20.3 Å². The van der Waals surface area contributed by atoms with Gasteiger partial charge in [-0.2, -0.15) is 0 Å². The summed E-state index contributed by atoms with van der Waals surface area (Å²) in [6.45, 7) is 7.82. The van der Waals surface area contributed by atoms with Crippen molar-refractivity contribution in [1.29, 1.82) is 0 Å². The molecule has 0 unspecified atom stereocenters. The van der Waals surface area contributed by atoms with Crippen LogP contribution in [-0.2, 0) is 12.6 Å². The van der Waals surface area contributed by atoms with Gasteiger partial charge in [-0.25, -0.2) is 9.97 Å². The molecule has 26 heavy (non-hydrogen) atoms. The second-order valence-electron chi connectivity index (χ2n) is 7.36. The minimum atomic E-state index is -0.506. The molecule has 3 heterocycles. The van der Waals surface area contributed by atoms with E-state index in [9.17, 15) is 4.79 Å². The Labute approximate surface area is 152 Å². The third kappa shape index (κ3) is 3.43. The molecule has 136 valence electrons. The van der Waals surface area contributed by atoms with Crippen LogP contribution in [-0.4, -0.2) is 25.6 Å². The van der Waals surface area contributed by atoms with E-state index < -0.39 is 5.54 Å². The Morgan fingerprint density at radius 1 is 1.23 bits per heavy atom. The molecule has 7 heteroatoms. The molecule has 3 N–H and O–H groups in total. The van der Waals surface area contributed by atoms with Gasteiger partial charge in [0.2, 0.25) is 0 Å². The van der Waals surface area contributed by atoms with E-state index in [-0.39, 0.29) is 11.6 Å². The van der Waals surface area contributed by atoms with Crippen LogP contribution in [0.1, 0.15) is 33.4 Å². The zero-order valence-electron chi connectivity index (χ0n) is 15.7. The summed E-state index contributed by atoms with van der Waals surface area (Å²) >= 11 is 0. The lowest BCUT2D eigenvalue weighted by molar-refractivity contribution is 0.535. The number of anilines is 1. The first kappa shape index (κ1) is 18.0. The largest absolute Gasteiger partial charge is 0.367 e. The van der Waals surface area contributed by atoms with E-state index in [4.69, 9.17) is 5.73 Å². The molecule has 0 saturated carbocycles. The molecule has 0 aliphatic carbocycles. The number of fused-ring (bicyclic) bond motifs is 1. The zero-order chi connectivity index (χ0) is 19.1. The molecule has 0 atom stereocenters. The van der Waals surface area contributed by atoms with Gasteiger partial charge in [0.15, 0.2) is 0 Å².